The van der Waals surface area contributed by atoms with Crippen molar-refractivity contribution in [2.45, 2.75) is 20.4 Å². The zero-order chi connectivity index (χ0) is 14.4. The lowest BCUT2D eigenvalue weighted by Gasteiger charge is -2.05. The first kappa shape index (κ1) is 13.9. The summed E-state index contributed by atoms with van der Waals surface area (Å²) in [6.45, 7) is 4.60. The van der Waals surface area contributed by atoms with Crippen molar-refractivity contribution in [3.63, 3.8) is 0 Å². The number of aromatic nitrogens is 3. The lowest BCUT2D eigenvalue weighted by atomic mass is 10.2. The summed E-state index contributed by atoms with van der Waals surface area (Å²) in [5, 5.41) is 3.06. The van der Waals surface area contributed by atoms with E-state index >= 15 is 0 Å². The van der Waals surface area contributed by atoms with Gasteiger partial charge in [-0.05, 0) is 25.5 Å². The van der Waals surface area contributed by atoms with E-state index in [0.717, 1.165) is 11.3 Å². The summed E-state index contributed by atoms with van der Waals surface area (Å²) in [6, 6.07) is 3.93. The molecule has 6 nitrogen and oxygen atoms in total. The average molecular weight is 272 g/mol. The first-order valence-corrected chi connectivity index (χ1v) is 6.33. The van der Waals surface area contributed by atoms with Crippen LogP contribution in [0.3, 0.4) is 0 Å². The van der Waals surface area contributed by atoms with E-state index in [1.54, 1.807) is 13.1 Å². The zero-order valence-electron chi connectivity index (χ0n) is 11.5. The van der Waals surface area contributed by atoms with Crippen molar-refractivity contribution in [1.82, 2.24) is 15.0 Å². The molecule has 0 saturated carbocycles. The molecule has 20 heavy (non-hydrogen) atoms. The van der Waals surface area contributed by atoms with Gasteiger partial charge in [-0.1, -0.05) is 6.07 Å². The molecule has 2 aromatic rings. The Morgan fingerprint density at radius 3 is 2.55 bits per heavy atom. The Balaban J connectivity index is 1.93. The van der Waals surface area contributed by atoms with E-state index in [1.165, 1.54) is 12.4 Å². The molecule has 2 heterocycles. The molecule has 0 amide bonds. The third-order valence-electron chi connectivity index (χ3n) is 2.59. The fourth-order valence-electron chi connectivity index (χ4n) is 1.52. The Morgan fingerprint density at radius 2 is 1.95 bits per heavy atom. The molecule has 0 radical (unpaired) electrons. The number of esters is 1. The van der Waals surface area contributed by atoms with Crippen molar-refractivity contribution in [3.8, 4) is 0 Å². The van der Waals surface area contributed by atoms with Crippen LogP contribution in [0.4, 0.5) is 5.95 Å². The molecule has 0 saturated heterocycles. The summed E-state index contributed by atoms with van der Waals surface area (Å²) in [6.07, 6.45) is 4.69. The normalized spacial score (nSPS) is 10.1. The summed E-state index contributed by atoms with van der Waals surface area (Å²) in [5.41, 5.74) is 2.35. The molecule has 0 aromatic carbocycles. The molecule has 0 fully saturated rings. The molecule has 1 N–H and O–H groups in total. The lowest BCUT2D eigenvalue weighted by Crippen LogP contribution is -2.08. The minimum Gasteiger partial charge on any atom is -0.462 e. The number of anilines is 1. The summed E-state index contributed by atoms with van der Waals surface area (Å²) in [5.74, 6) is 0.0420. The van der Waals surface area contributed by atoms with Crippen LogP contribution in [0.2, 0.25) is 0 Å². The van der Waals surface area contributed by atoms with E-state index in [-0.39, 0.29) is 0 Å². The Bertz CT molecular complexity index is 567. The van der Waals surface area contributed by atoms with Crippen molar-refractivity contribution in [2.24, 2.45) is 0 Å². The highest BCUT2D eigenvalue weighted by atomic mass is 16.5. The number of carbonyl (C=O) groups excluding carboxylic acids is 1. The van der Waals surface area contributed by atoms with Gasteiger partial charge in [-0.2, -0.15) is 0 Å². The third kappa shape index (κ3) is 3.74. The second-order valence-corrected chi connectivity index (χ2v) is 4.18. The second kappa shape index (κ2) is 6.60. The van der Waals surface area contributed by atoms with E-state index in [0.29, 0.717) is 24.7 Å². The maximum absolute atomic E-state index is 11.4. The van der Waals surface area contributed by atoms with E-state index in [4.69, 9.17) is 4.74 Å². The van der Waals surface area contributed by atoms with Crippen LogP contribution in [0.15, 0.2) is 30.7 Å². The summed E-state index contributed by atoms with van der Waals surface area (Å²) >= 11 is 0. The quantitative estimate of drug-likeness (QED) is 0.838. The van der Waals surface area contributed by atoms with Crippen molar-refractivity contribution in [2.75, 3.05) is 11.9 Å². The van der Waals surface area contributed by atoms with Crippen molar-refractivity contribution < 1.29 is 9.53 Å². The van der Waals surface area contributed by atoms with E-state index < -0.39 is 5.97 Å². The van der Waals surface area contributed by atoms with E-state index in [9.17, 15) is 4.79 Å². The number of carbonyl (C=O) groups is 1. The topological polar surface area (TPSA) is 77.0 Å². The van der Waals surface area contributed by atoms with Crippen LogP contribution in [-0.2, 0) is 11.3 Å². The first-order valence-electron chi connectivity index (χ1n) is 6.33. The number of aryl methyl sites for hydroxylation is 1. The van der Waals surface area contributed by atoms with Gasteiger partial charge in [0.25, 0.3) is 0 Å². The molecule has 2 aromatic heterocycles. The number of hydrogen-bond donors (Lipinski definition) is 1. The van der Waals surface area contributed by atoms with Crippen LogP contribution in [-0.4, -0.2) is 27.5 Å². The average Bonchev–Trinajstić information content (AvgIpc) is 2.47. The SMILES string of the molecule is CCOC(=O)c1cnc(NCc2ccc(C)nc2)nc1. The molecule has 2 rings (SSSR count). The van der Waals surface area contributed by atoms with Gasteiger partial charge in [-0.15, -0.1) is 0 Å². The standard InChI is InChI=1S/C14H16N4O2/c1-3-20-13(19)12-8-17-14(18-9-12)16-7-11-5-4-10(2)15-6-11/h4-6,8-9H,3,7H2,1-2H3,(H,16,17,18). The first-order chi connectivity index (χ1) is 9.69. The van der Waals surface area contributed by atoms with Gasteiger partial charge in [-0.3, -0.25) is 4.98 Å². The highest BCUT2D eigenvalue weighted by Gasteiger charge is 2.07. The van der Waals surface area contributed by atoms with Crippen LogP contribution in [0, 0.1) is 6.92 Å². The fourth-order valence-corrected chi connectivity index (χ4v) is 1.52. The number of nitrogens with zero attached hydrogens (tertiary/aromatic N) is 3. The predicted molar refractivity (Wildman–Crippen MR) is 74.3 cm³/mol. The number of nitrogens with one attached hydrogen (secondary N) is 1. The molecule has 0 aliphatic carbocycles. The van der Waals surface area contributed by atoms with Gasteiger partial charge >= 0.3 is 5.97 Å². The molecule has 0 bridgehead atoms. The maximum atomic E-state index is 11.4. The summed E-state index contributed by atoms with van der Waals surface area (Å²) in [7, 11) is 0. The molecule has 0 atom stereocenters. The maximum Gasteiger partial charge on any atom is 0.341 e. The van der Waals surface area contributed by atoms with Gasteiger partial charge < -0.3 is 10.1 Å². The molecule has 0 unspecified atom stereocenters. The largest absolute Gasteiger partial charge is 0.462 e. The minimum absolute atomic E-state index is 0.333. The zero-order valence-corrected chi connectivity index (χ0v) is 11.5. The molecular weight excluding hydrogens is 256 g/mol. The van der Waals surface area contributed by atoms with E-state index in [2.05, 4.69) is 20.3 Å². The fraction of sp³-hybridized carbons (Fsp3) is 0.286. The second-order valence-electron chi connectivity index (χ2n) is 4.18. The molecule has 0 aliphatic rings. The van der Waals surface area contributed by atoms with Crippen LogP contribution in [0.25, 0.3) is 0 Å². The highest BCUT2D eigenvalue weighted by Crippen LogP contribution is 2.05. The van der Waals surface area contributed by atoms with Gasteiger partial charge in [0, 0.05) is 30.8 Å². The minimum atomic E-state index is -0.415. The predicted octanol–water partition coefficient (Wildman–Crippen LogP) is 1.97. The Morgan fingerprint density at radius 1 is 1.20 bits per heavy atom. The van der Waals surface area contributed by atoms with Crippen molar-refractivity contribution in [3.05, 3.63) is 47.5 Å². The number of pyridine rings is 1. The molecule has 104 valence electrons. The number of rotatable bonds is 5. The van der Waals surface area contributed by atoms with Crippen molar-refractivity contribution in [1.29, 1.82) is 0 Å². The van der Waals surface area contributed by atoms with Crippen molar-refractivity contribution >= 4 is 11.9 Å². The lowest BCUT2D eigenvalue weighted by molar-refractivity contribution is 0.0525. The summed E-state index contributed by atoms with van der Waals surface area (Å²) in [4.78, 5) is 23.8. The number of hydrogen-bond acceptors (Lipinski definition) is 6. The van der Waals surface area contributed by atoms with Crippen LogP contribution in [0.1, 0.15) is 28.5 Å². The Labute approximate surface area is 117 Å². The van der Waals surface area contributed by atoms with Gasteiger partial charge in [-0.25, -0.2) is 14.8 Å². The highest BCUT2D eigenvalue weighted by molar-refractivity contribution is 5.88. The Hall–Kier alpha value is -2.50. The van der Waals surface area contributed by atoms with Gasteiger partial charge in [0.2, 0.25) is 5.95 Å². The monoisotopic (exact) mass is 272 g/mol. The number of ether oxygens (including phenoxy) is 1. The van der Waals surface area contributed by atoms with Crippen LogP contribution in [0.5, 0.6) is 0 Å². The van der Waals surface area contributed by atoms with Crippen LogP contribution < -0.4 is 5.32 Å². The summed E-state index contributed by atoms with van der Waals surface area (Å²) < 4.78 is 4.86. The third-order valence-corrected chi connectivity index (χ3v) is 2.59. The van der Waals surface area contributed by atoms with Gasteiger partial charge in [0.1, 0.15) is 0 Å². The van der Waals surface area contributed by atoms with Gasteiger partial charge in [0.05, 0.1) is 12.2 Å². The molecule has 0 spiro atoms. The molecule has 6 heteroatoms. The smallest absolute Gasteiger partial charge is 0.341 e. The van der Waals surface area contributed by atoms with Crippen LogP contribution >= 0.6 is 0 Å². The molecular formula is C14H16N4O2. The Kier molecular flexibility index (Phi) is 4.60. The molecule has 0 aliphatic heterocycles. The van der Waals surface area contributed by atoms with Gasteiger partial charge in [0.15, 0.2) is 0 Å². The van der Waals surface area contributed by atoms with E-state index in [1.807, 2.05) is 19.1 Å².